The summed E-state index contributed by atoms with van der Waals surface area (Å²) in [6, 6.07) is 0.0865. The standard InChI is InChI=1S/C7H12N2O3.ClH/c10-3-4-1-8-2-5-6(4)12-7(11)9-5;/h4-6,8,10H,1-3H2,(H,9,11);1H/t4-,5+,6-;/m1./s1. The summed E-state index contributed by atoms with van der Waals surface area (Å²) in [5.41, 5.74) is 0. The minimum Gasteiger partial charge on any atom is -1.00 e. The van der Waals surface area contributed by atoms with Gasteiger partial charge in [0.15, 0.2) is 0 Å². The molecular formula is C7H13ClN2O3. The fourth-order valence-electron chi connectivity index (χ4n) is 1.89. The summed E-state index contributed by atoms with van der Waals surface area (Å²) in [6.07, 6.45) is -0.466. The van der Waals surface area contributed by atoms with Crippen molar-refractivity contribution in [2.75, 3.05) is 19.7 Å². The number of amides is 1. The lowest BCUT2D eigenvalue weighted by atomic mass is 9.94. The first-order valence-electron chi connectivity index (χ1n) is 4.21. The highest BCUT2D eigenvalue weighted by molar-refractivity contribution is 5.70. The molecule has 13 heavy (non-hydrogen) atoms. The number of fused-ring (bicyclic) bond motifs is 1. The van der Waals surface area contributed by atoms with Crippen molar-refractivity contribution in [3.05, 3.63) is 0 Å². The zero-order chi connectivity index (χ0) is 8.55. The van der Waals surface area contributed by atoms with Crippen LogP contribution >= 0.6 is 0 Å². The minimum atomic E-state index is -0.348. The first kappa shape index (κ1) is 10.6. The van der Waals surface area contributed by atoms with Gasteiger partial charge in [-0.3, -0.25) is 0 Å². The Hall–Kier alpha value is -0.520. The van der Waals surface area contributed by atoms with Crippen molar-refractivity contribution in [2.45, 2.75) is 12.1 Å². The van der Waals surface area contributed by atoms with Gasteiger partial charge in [0, 0.05) is 0 Å². The molecule has 0 aromatic heterocycles. The van der Waals surface area contributed by atoms with Crippen LogP contribution in [-0.2, 0) is 4.74 Å². The molecule has 0 unspecified atom stereocenters. The normalized spacial score (nSPS) is 37.0. The average molecular weight is 209 g/mol. The summed E-state index contributed by atoms with van der Waals surface area (Å²) in [5.74, 6) is 0.0858. The second-order valence-corrected chi connectivity index (χ2v) is 3.32. The van der Waals surface area contributed by atoms with Crippen molar-refractivity contribution in [3.63, 3.8) is 0 Å². The first-order valence-corrected chi connectivity index (χ1v) is 4.21. The largest absolute Gasteiger partial charge is 1.00 e. The molecule has 2 rings (SSSR count). The summed E-state index contributed by atoms with van der Waals surface area (Å²) >= 11 is 0. The minimum absolute atomic E-state index is 0. The van der Waals surface area contributed by atoms with Crippen molar-refractivity contribution in [1.29, 1.82) is 0 Å². The van der Waals surface area contributed by atoms with Gasteiger partial charge >= 0.3 is 6.09 Å². The Bertz CT molecular complexity index is 202. The number of carbonyl (C=O) groups excluding carboxylic acids is 1. The van der Waals surface area contributed by atoms with Crippen LogP contribution in [0.5, 0.6) is 0 Å². The van der Waals surface area contributed by atoms with Gasteiger partial charge in [-0.05, 0) is 0 Å². The highest BCUT2D eigenvalue weighted by Crippen LogP contribution is 2.17. The Morgan fingerprint density at radius 1 is 1.62 bits per heavy atom. The van der Waals surface area contributed by atoms with Crippen LogP contribution in [0.25, 0.3) is 0 Å². The van der Waals surface area contributed by atoms with Crippen LogP contribution in [0.15, 0.2) is 0 Å². The molecule has 3 atom stereocenters. The van der Waals surface area contributed by atoms with E-state index in [1.54, 1.807) is 0 Å². The first-order chi connectivity index (χ1) is 5.81. The van der Waals surface area contributed by atoms with Crippen LogP contribution in [0.2, 0.25) is 0 Å². The number of ether oxygens (including phenoxy) is 1. The van der Waals surface area contributed by atoms with Crippen molar-refractivity contribution in [3.8, 4) is 0 Å². The Morgan fingerprint density at radius 3 is 3.08 bits per heavy atom. The van der Waals surface area contributed by atoms with Crippen LogP contribution in [-0.4, -0.2) is 43.0 Å². The number of carbonyl (C=O) groups is 1. The Kier molecular flexibility index (Phi) is 3.35. The Balaban J connectivity index is 0.000000845. The number of nitrogens with one attached hydrogen (secondary N) is 1. The fourth-order valence-corrected chi connectivity index (χ4v) is 1.89. The highest BCUT2D eigenvalue weighted by atomic mass is 35.5. The van der Waals surface area contributed by atoms with Crippen molar-refractivity contribution in [1.82, 2.24) is 5.32 Å². The molecular weight excluding hydrogens is 196 g/mol. The van der Waals surface area contributed by atoms with Gasteiger partial charge in [-0.1, -0.05) is 0 Å². The molecule has 76 valence electrons. The molecule has 2 saturated heterocycles. The second-order valence-electron chi connectivity index (χ2n) is 3.32. The number of alkyl carbamates (subject to hydrolysis) is 1. The van der Waals surface area contributed by atoms with Crippen molar-refractivity contribution < 1.29 is 32.4 Å². The topological polar surface area (TPSA) is 75.2 Å². The number of rotatable bonds is 1. The molecule has 0 spiro atoms. The summed E-state index contributed by atoms with van der Waals surface area (Å²) in [5, 5.41) is 13.8. The maximum absolute atomic E-state index is 10.8. The highest BCUT2D eigenvalue weighted by Gasteiger charge is 2.43. The van der Waals surface area contributed by atoms with Gasteiger partial charge in [-0.2, -0.15) is 0 Å². The Labute approximate surface area is 82.2 Å². The smallest absolute Gasteiger partial charge is 0.408 e. The zero-order valence-corrected chi connectivity index (χ0v) is 7.83. The van der Waals surface area contributed by atoms with Gasteiger partial charge in [0.1, 0.15) is 12.1 Å². The monoisotopic (exact) mass is 208 g/mol. The second kappa shape index (κ2) is 4.13. The van der Waals surface area contributed by atoms with Gasteiger partial charge in [0.05, 0.1) is 25.6 Å². The molecule has 5 nitrogen and oxygen atoms in total. The van der Waals surface area contributed by atoms with Gasteiger partial charge in [-0.15, -0.1) is 0 Å². The van der Waals surface area contributed by atoms with Crippen LogP contribution < -0.4 is 23.0 Å². The van der Waals surface area contributed by atoms with Gasteiger partial charge in [0.2, 0.25) is 0 Å². The predicted octanol–water partition coefficient (Wildman–Crippen LogP) is -5.35. The number of halogens is 1. The average Bonchev–Trinajstić information content (AvgIpc) is 2.44. The van der Waals surface area contributed by atoms with E-state index >= 15 is 0 Å². The molecule has 0 aromatic rings. The van der Waals surface area contributed by atoms with Crippen molar-refractivity contribution >= 4 is 6.09 Å². The van der Waals surface area contributed by atoms with E-state index in [4.69, 9.17) is 9.84 Å². The number of aliphatic hydroxyl groups excluding tert-OH is 1. The Morgan fingerprint density at radius 2 is 2.38 bits per heavy atom. The van der Waals surface area contributed by atoms with E-state index in [-0.39, 0.29) is 43.2 Å². The summed E-state index contributed by atoms with van der Waals surface area (Å²) < 4.78 is 5.04. The van der Waals surface area contributed by atoms with E-state index < -0.39 is 0 Å². The lowest BCUT2D eigenvalue weighted by Crippen LogP contribution is -3.00. The molecule has 2 aliphatic rings. The molecule has 2 aliphatic heterocycles. The quantitative estimate of drug-likeness (QED) is 0.403. The zero-order valence-electron chi connectivity index (χ0n) is 7.07. The molecule has 0 bridgehead atoms. The summed E-state index contributed by atoms with van der Waals surface area (Å²) in [6.45, 7) is 1.78. The number of piperidine rings is 1. The maximum Gasteiger partial charge on any atom is 0.408 e. The van der Waals surface area contributed by atoms with E-state index in [9.17, 15) is 4.79 Å². The van der Waals surface area contributed by atoms with E-state index in [0.717, 1.165) is 13.1 Å². The molecule has 0 radical (unpaired) electrons. The maximum atomic E-state index is 10.8. The van der Waals surface area contributed by atoms with Gasteiger partial charge in [-0.25, -0.2) is 4.79 Å². The van der Waals surface area contributed by atoms with Gasteiger partial charge in [0.25, 0.3) is 0 Å². The lowest BCUT2D eigenvalue weighted by Gasteiger charge is -2.27. The number of quaternary nitrogens is 1. The fraction of sp³-hybridized carbons (Fsp3) is 0.857. The molecule has 2 heterocycles. The van der Waals surface area contributed by atoms with Crippen LogP contribution in [0.4, 0.5) is 4.79 Å². The number of hydrogen-bond acceptors (Lipinski definition) is 3. The number of aliphatic hydroxyl groups is 1. The van der Waals surface area contributed by atoms with Gasteiger partial charge < -0.3 is 32.9 Å². The van der Waals surface area contributed by atoms with E-state index in [0.29, 0.717) is 0 Å². The van der Waals surface area contributed by atoms with Crippen LogP contribution in [0.1, 0.15) is 0 Å². The third-order valence-corrected chi connectivity index (χ3v) is 2.53. The molecule has 0 saturated carbocycles. The van der Waals surface area contributed by atoms with E-state index in [1.165, 1.54) is 0 Å². The third kappa shape index (κ3) is 1.87. The van der Waals surface area contributed by atoms with Crippen LogP contribution in [0, 0.1) is 5.92 Å². The SMILES string of the molecule is O=C1N[C@H]2C[NH2+]C[C@H](CO)[C@H]2O1.[Cl-]. The van der Waals surface area contributed by atoms with Crippen molar-refractivity contribution in [2.24, 2.45) is 5.92 Å². The number of nitrogens with two attached hydrogens (primary N) is 1. The molecule has 6 heteroatoms. The lowest BCUT2D eigenvalue weighted by molar-refractivity contribution is -0.673. The molecule has 0 aliphatic carbocycles. The van der Waals surface area contributed by atoms with E-state index in [1.807, 2.05) is 0 Å². The number of hydrogen-bond donors (Lipinski definition) is 3. The summed E-state index contributed by atoms with van der Waals surface area (Å²) in [7, 11) is 0. The molecule has 4 N–H and O–H groups in total. The third-order valence-electron chi connectivity index (χ3n) is 2.53. The van der Waals surface area contributed by atoms with E-state index in [2.05, 4.69) is 10.6 Å². The van der Waals surface area contributed by atoms with Crippen LogP contribution in [0.3, 0.4) is 0 Å². The molecule has 1 amide bonds. The summed E-state index contributed by atoms with van der Waals surface area (Å²) in [4.78, 5) is 10.8. The molecule has 2 fully saturated rings. The molecule has 0 aromatic carbocycles. The predicted molar refractivity (Wildman–Crippen MR) is 39.4 cm³/mol.